The minimum Gasteiger partial charge on any atom is -0.394 e. The molecule has 0 saturated carbocycles. The maximum atomic E-state index is 13.6. The minimum atomic E-state index is -0.615. The Kier molecular flexibility index (Phi) is 7.20. The maximum Gasteiger partial charge on any atom is 0.318 e. The van der Waals surface area contributed by atoms with Crippen LogP contribution in [0.2, 0.25) is 5.02 Å². The predicted octanol–water partition coefficient (Wildman–Crippen LogP) is 3.41. The Morgan fingerprint density at radius 1 is 1.29 bits per heavy atom. The average molecular weight is 491 g/mol. The van der Waals surface area contributed by atoms with Crippen molar-refractivity contribution in [1.29, 1.82) is 0 Å². The van der Waals surface area contributed by atoms with Crippen LogP contribution in [0.1, 0.15) is 12.0 Å². The molecule has 0 unspecified atom stereocenters. The molecule has 1 aliphatic rings. The van der Waals surface area contributed by atoms with E-state index in [2.05, 4.69) is 10.3 Å². The van der Waals surface area contributed by atoms with Gasteiger partial charge in [0.15, 0.2) is 5.82 Å². The highest BCUT2D eigenvalue weighted by molar-refractivity contribution is 6.31. The molecule has 0 bridgehead atoms. The van der Waals surface area contributed by atoms with Gasteiger partial charge >= 0.3 is 6.03 Å². The van der Waals surface area contributed by atoms with Crippen LogP contribution in [0.25, 0.3) is 10.8 Å². The summed E-state index contributed by atoms with van der Waals surface area (Å²) in [6.45, 7) is -0.239. The summed E-state index contributed by atoms with van der Waals surface area (Å²) in [6, 6.07) is 8.96. The van der Waals surface area contributed by atoms with Gasteiger partial charge in [0.25, 0.3) is 0 Å². The van der Waals surface area contributed by atoms with Gasteiger partial charge in [0.1, 0.15) is 17.7 Å². The Labute approximate surface area is 198 Å². The summed E-state index contributed by atoms with van der Waals surface area (Å²) in [4.78, 5) is 35.7. The molecular weight excluding hydrogens is 470 g/mol. The van der Waals surface area contributed by atoms with Crippen molar-refractivity contribution < 1.29 is 28.3 Å². The Bertz CT molecular complexity index is 1210. The zero-order valence-electron chi connectivity index (χ0n) is 17.8. The van der Waals surface area contributed by atoms with Crippen LogP contribution in [0.4, 0.5) is 19.4 Å². The first-order valence-corrected chi connectivity index (χ1v) is 10.8. The van der Waals surface area contributed by atoms with E-state index in [1.54, 1.807) is 12.1 Å². The molecule has 11 heteroatoms. The van der Waals surface area contributed by atoms with Gasteiger partial charge in [0.2, 0.25) is 6.41 Å². The second-order valence-corrected chi connectivity index (χ2v) is 8.17. The molecule has 0 radical (unpaired) electrons. The van der Waals surface area contributed by atoms with Crippen molar-refractivity contribution in [2.24, 2.45) is 0 Å². The fourth-order valence-corrected chi connectivity index (χ4v) is 4.04. The van der Waals surface area contributed by atoms with Crippen LogP contribution in [0, 0.1) is 11.6 Å². The summed E-state index contributed by atoms with van der Waals surface area (Å²) in [5, 5.41) is 14.5. The molecule has 3 aromatic rings. The number of pyridine rings is 1. The van der Waals surface area contributed by atoms with Gasteiger partial charge in [-0.25, -0.2) is 18.6 Å². The number of aliphatic hydroxyl groups excluding tert-OH is 1. The van der Waals surface area contributed by atoms with E-state index in [4.69, 9.17) is 16.4 Å². The van der Waals surface area contributed by atoms with E-state index in [1.807, 2.05) is 0 Å². The predicted molar refractivity (Wildman–Crippen MR) is 121 cm³/mol. The maximum absolute atomic E-state index is 13.6. The molecule has 2 heterocycles. The van der Waals surface area contributed by atoms with E-state index < -0.39 is 29.8 Å². The number of fused-ring (bicyclic) bond motifs is 1. The van der Waals surface area contributed by atoms with Gasteiger partial charge in [-0.2, -0.15) is 5.06 Å². The second kappa shape index (κ2) is 10.3. The molecule has 3 amide bonds. The lowest BCUT2D eigenvalue weighted by Crippen LogP contribution is -2.44. The molecule has 2 atom stereocenters. The SMILES string of the molecule is O=CN(O[C@@H]1C[C@@H](CO)N(C(=O)NCc2cccc(F)c2Cl)C1)c1cc2cc(F)ccc2cn1. The van der Waals surface area contributed by atoms with Crippen LogP contribution in [-0.2, 0) is 16.2 Å². The van der Waals surface area contributed by atoms with Crippen molar-refractivity contribution in [3.63, 3.8) is 0 Å². The van der Waals surface area contributed by atoms with Gasteiger partial charge in [-0.15, -0.1) is 0 Å². The van der Waals surface area contributed by atoms with E-state index in [9.17, 15) is 23.5 Å². The summed E-state index contributed by atoms with van der Waals surface area (Å²) in [6.07, 6.45) is 1.57. The Morgan fingerprint density at radius 2 is 2.12 bits per heavy atom. The number of nitrogens with one attached hydrogen (secondary N) is 1. The number of urea groups is 1. The van der Waals surface area contributed by atoms with Crippen molar-refractivity contribution >= 4 is 40.6 Å². The fourth-order valence-electron chi connectivity index (χ4n) is 3.84. The fraction of sp³-hybridized carbons (Fsp3) is 0.261. The number of carbonyl (C=O) groups excluding carboxylic acids is 2. The Balaban J connectivity index is 1.42. The molecule has 178 valence electrons. The number of rotatable bonds is 7. The molecule has 8 nitrogen and oxygen atoms in total. The van der Waals surface area contributed by atoms with E-state index in [1.165, 1.54) is 41.4 Å². The highest BCUT2D eigenvalue weighted by atomic mass is 35.5. The molecule has 34 heavy (non-hydrogen) atoms. The quantitative estimate of drug-likeness (QED) is 0.391. The summed E-state index contributed by atoms with van der Waals surface area (Å²) in [5.41, 5.74) is 0.411. The molecule has 0 aliphatic carbocycles. The highest BCUT2D eigenvalue weighted by Crippen LogP contribution is 2.25. The van der Waals surface area contributed by atoms with Crippen molar-refractivity contribution in [1.82, 2.24) is 15.2 Å². The Hall–Kier alpha value is -3.34. The average Bonchev–Trinajstić information content (AvgIpc) is 3.26. The summed E-state index contributed by atoms with van der Waals surface area (Å²) < 4.78 is 27.2. The van der Waals surface area contributed by atoms with Gasteiger partial charge in [-0.1, -0.05) is 23.7 Å². The number of likely N-dealkylation sites (tertiary alicyclic amines) is 1. The smallest absolute Gasteiger partial charge is 0.318 e. The van der Waals surface area contributed by atoms with Crippen LogP contribution >= 0.6 is 11.6 Å². The molecule has 1 fully saturated rings. The lowest BCUT2D eigenvalue weighted by Gasteiger charge is -2.23. The van der Waals surface area contributed by atoms with Gasteiger partial charge in [-0.3, -0.25) is 9.63 Å². The molecule has 2 aromatic carbocycles. The van der Waals surface area contributed by atoms with Crippen LogP contribution in [-0.4, -0.2) is 52.7 Å². The van der Waals surface area contributed by atoms with Crippen molar-refractivity contribution in [2.75, 3.05) is 18.2 Å². The third kappa shape index (κ3) is 5.09. The van der Waals surface area contributed by atoms with Crippen molar-refractivity contribution in [3.05, 3.63) is 70.9 Å². The molecular formula is C23H21ClF2N4O4. The van der Waals surface area contributed by atoms with Gasteiger partial charge < -0.3 is 15.3 Å². The number of aliphatic hydroxyl groups is 1. The number of hydroxylamine groups is 1. The largest absolute Gasteiger partial charge is 0.394 e. The van der Waals surface area contributed by atoms with E-state index in [0.717, 1.165) is 5.06 Å². The lowest BCUT2D eigenvalue weighted by atomic mass is 10.2. The van der Waals surface area contributed by atoms with Gasteiger partial charge in [0, 0.05) is 24.5 Å². The Morgan fingerprint density at radius 3 is 2.88 bits per heavy atom. The number of anilines is 1. The molecule has 4 rings (SSSR count). The molecule has 1 aliphatic heterocycles. The lowest BCUT2D eigenvalue weighted by molar-refractivity contribution is -0.116. The van der Waals surface area contributed by atoms with E-state index >= 15 is 0 Å². The highest BCUT2D eigenvalue weighted by Gasteiger charge is 2.37. The number of hydrogen-bond acceptors (Lipinski definition) is 5. The number of nitrogens with zero attached hydrogens (tertiary/aromatic N) is 3. The van der Waals surface area contributed by atoms with Crippen LogP contribution in [0.5, 0.6) is 0 Å². The molecule has 1 aromatic heterocycles. The summed E-state index contributed by atoms with van der Waals surface area (Å²) >= 11 is 5.93. The van der Waals surface area contributed by atoms with E-state index in [-0.39, 0.29) is 37.0 Å². The standard InChI is InChI=1S/C23H21ClF2N4O4/c24-22-15(2-1-3-20(22)26)10-28-23(33)29-11-19(8-18(29)12-31)34-30(13-32)21-7-16-6-17(25)5-4-14(16)9-27-21/h1-7,9,13,18-19,31H,8,10-12H2,(H,28,33)/t18-,19+/m0/s1. The molecule has 0 spiro atoms. The normalized spacial score (nSPS) is 17.7. The van der Waals surface area contributed by atoms with Gasteiger partial charge in [-0.05, 0) is 41.3 Å². The van der Waals surface area contributed by atoms with Crippen molar-refractivity contribution in [3.8, 4) is 0 Å². The summed E-state index contributed by atoms with van der Waals surface area (Å²) in [5.74, 6) is -0.862. The van der Waals surface area contributed by atoms with Crippen molar-refractivity contribution in [2.45, 2.75) is 25.1 Å². The second-order valence-electron chi connectivity index (χ2n) is 7.79. The van der Waals surface area contributed by atoms with Crippen LogP contribution in [0.3, 0.4) is 0 Å². The van der Waals surface area contributed by atoms with Gasteiger partial charge in [0.05, 0.1) is 24.2 Å². The zero-order valence-corrected chi connectivity index (χ0v) is 18.6. The number of aromatic nitrogens is 1. The number of carbonyl (C=O) groups is 2. The number of halogens is 3. The van der Waals surface area contributed by atoms with Crippen LogP contribution < -0.4 is 10.4 Å². The number of amides is 3. The molecule has 2 N–H and O–H groups in total. The minimum absolute atomic E-state index is 0.00632. The zero-order chi connectivity index (χ0) is 24.2. The molecule has 1 saturated heterocycles. The number of hydrogen-bond donors (Lipinski definition) is 2. The summed E-state index contributed by atoms with van der Waals surface area (Å²) in [7, 11) is 0. The third-order valence-electron chi connectivity index (χ3n) is 5.56. The first-order chi connectivity index (χ1) is 16.4. The monoisotopic (exact) mass is 490 g/mol. The third-order valence-corrected chi connectivity index (χ3v) is 5.99. The topological polar surface area (TPSA) is 95.0 Å². The van der Waals surface area contributed by atoms with Crippen LogP contribution in [0.15, 0.2) is 48.7 Å². The van der Waals surface area contributed by atoms with E-state index in [0.29, 0.717) is 22.7 Å². The first-order valence-electron chi connectivity index (χ1n) is 10.4. The first kappa shape index (κ1) is 23.8. The number of benzene rings is 2.